The number of non-ortho nitro benzene ring substituents is 1. The average Bonchev–Trinajstić information content (AvgIpc) is 2.63. The maximum absolute atomic E-state index is 13.2. The van der Waals surface area contributed by atoms with Gasteiger partial charge in [0.05, 0.1) is 28.2 Å². The molecule has 0 amide bonds. The van der Waals surface area contributed by atoms with Crippen molar-refractivity contribution in [2.24, 2.45) is 0 Å². The quantitative estimate of drug-likeness (QED) is 0.647. The molecule has 0 fully saturated rings. The van der Waals surface area contributed by atoms with Crippen molar-refractivity contribution in [2.75, 3.05) is 0 Å². The molecule has 2 aromatic rings. The number of hydrogen-bond donors (Lipinski definition) is 0. The molecule has 0 bridgehead atoms. The minimum atomic E-state index is -0.625. The molecular formula is C10H7BrFN3O2. The highest BCUT2D eigenvalue weighted by Gasteiger charge is 2.10. The van der Waals surface area contributed by atoms with Crippen molar-refractivity contribution < 1.29 is 9.31 Å². The van der Waals surface area contributed by atoms with Crippen molar-refractivity contribution in [2.45, 2.75) is 6.54 Å². The van der Waals surface area contributed by atoms with Gasteiger partial charge >= 0.3 is 0 Å². The maximum Gasteiger partial charge on any atom is 0.272 e. The van der Waals surface area contributed by atoms with E-state index in [9.17, 15) is 14.5 Å². The smallest absolute Gasteiger partial charge is 0.267 e. The molecular weight excluding hydrogens is 293 g/mol. The lowest BCUT2D eigenvalue weighted by molar-refractivity contribution is -0.385. The van der Waals surface area contributed by atoms with E-state index in [1.54, 1.807) is 17.1 Å². The molecule has 0 radical (unpaired) electrons. The maximum atomic E-state index is 13.2. The predicted molar refractivity (Wildman–Crippen MR) is 62.1 cm³/mol. The van der Waals surface area contributed by atoms with Crippen LogP contribution in [-0.2, 0) is 6.54 Å². The van der Waals surface area contributed by atoms with Crippen molar-refractivity contribution in [3.63, 3.8) is 0 Å². The fourth-order valence-corrected chi connectivity index (χ4v) is 1.77. The molecule has 5 nitrogen and oxygen atoms in total. The predicted octanol–water partition coefficient (Wildman–Crippen LogP) is 2.74. The van der Waals surface area contributed by atoms with Gasteiger partial charge in [-0.2, -0.15) is 5.10 Å². The van der Waals surface area contributed by atoms with Gasteiger partial charge in [-0.3, -0.25) is 14.8 Å². The van der Waals surface area contributed by atoms with Gasteiger partial charge in [-0.05, 0) is 27.6 Å². The Bertz CT molecular complexity index is 570. The Morgan fingerprint density at radius 3 is 2.82 bits per heavy atom. The van der Waals surface area contributed by atoms with Crippen LogP contribution in [0.3, 0.4) is 0 Å². The van der Waals surface area contributed by atoms with Gasteiger partial charge in [0.2, 0.25) is 0 Å². The zero-order valence-corrected chi connectivity index (χ0v) is 10.1. The average molecular weight is 300 g/mol. The van der Waals surface area contributed by atoms with Crippen LogP contribution >= 0.6 is 15.9 Å². The van der Waals surface area contributed by atoms with E-state index in [-0.39, 0.29) is 12.2 Å². The first-order chi connectivity index (χ1) is 8.04. The third-order valence-corrected chi connectivity index (χ3v) is 2.51. The van der Waals surface area contributed by atoms with E-state index in [0.717, 1.165) is 10.5 Å². The molecule has 17 heavy (non-hydrogen) atoms. The summed E-state index contributed by atoms with van der Waals surface area (Å²) < 4.78 is 15.5. The topological polar surface area (TPSA) is 61.0 Å². The van der Waals surface area contributed by atoms with Crippen LogP contribution < -0.4 is 0 Å². The van der Waals surface area contributed by atoms with E-state index >= 15 is 0 Å². The standard InChI is InChI=1S/C10H7BrFN3O2/c11-8-4-13-14(6-8)5-7-1-9(12)3-10(2-7)15(16)17/h1-4,6H,5H2. The number of rotatable bonds is 3. The number of benzene rings is 1. The molecule has 0 spiro atoms. The molecule has 0 N–H and O–H groups in total. The number of halogens is 2. The Kier molecular flexibility index (Phi) is 3.19. The van der Waals surface area contributed by atoms with Crippen molar-refractivity contribution >= 4 is 21.6 Å². The first-order valence-electron chi connectivity index (χ1n) is 4.66. The fraction of sp³-hybridized carbons (Fsp3) is 0.100. The number of nitro groups is 1. The molecule has 2 rings (SSSR count). The van der Waals surface area contributed by atoms with E-state index in [1.165, 1.54) is 12.1 Å². The summed E-state index contributed by atoms with van der Waals surface area (Å²) in [5.41, 5.74) is 0.235. The van der Waals surface area contributed by atoms with Crippen LogP contribution in [0.25, 0.3) is 0 Å². The van der Waals surface area contributed by atoms with Crippen LogP contribution in [0.5, 0.6) is 0 Å². The Morgan fingerprint density at radius 2 is 2.24 bits per heavy atom. The van der Waals surface area contributed by atoms with E-state index in [0.29, 0.717) is 5.56 Å². The van der Waals surface area contributed by atoms with Gasteiger partial charge in [0, 0.05) is 12.3 Å². The van der Waals surface area contributed by atoms with Gasteiger partial charge in [-0.15, -0.1) is 0 Å². The van der Waals surface area contributed by atoms with Crippen LogP contribution in [0.2, 0.25) is 0 Å². The molecule has 1 heterocycles. The monoisotopic (exact) mass is 299 g/mol. The Labute approximate surface area is 104 Å². The van der Waals surface area contributed by atoms with E-state index in [1.807, 2.05) is 0 Å². The molecule has 0 aliphatic heterocycles. The van der Waals surface area contributed by atoms with Gasteiger partial charge in [-0.1, -0.05) is 0 Å². The van der Waals surface area contributed by atoms with Gasteiger partial charge in [-0.25, -0.2) is 4.39 Å². The normalized spacial score (nSPS) is 10.5. The molecule has 0 saturated heterocycles. The summed E-state index contributed by atoms with van der Waals surface area (Å²) in [6.45, 7) is 0.282. The highest BCUT2D eigenvalue weighted by molar-refractivity contribution is 9.10. The summed E-state index contributed by atoms with van der Waals surface area (Å²) in [6.07, 6.45) is 3.30. The lowest BCUT2D eigenvalue weighted by Crippen LogP contribution is -2.01. The fourth-order valence-electron chi connectivity index (χ4n) is 1.44. The minimum absolute atomic E-state index is 0.258. The van der Waals surface area contributed by atoms with Crippen LogP contribution in [0.4, 0.5) is 10.1 Å². The highest BCUT2D eigenvalue weighted by Crippen LogP contribution is 2.17. The summed E-state index contributed by atoms with van der Waals surface area (Å²) in [5.74, 6) is -0.625. The van der Waals surface area contributed by atoms with Crippen LogP contribution in [0.1, 0.15) is 5.56 Å². The van der Waals surface area contributed by atoms with Crippen LogP contribution in [0.15, 0.2) is 35.1 Å². The first kappa shape index (κ1) is 11.7. The number of nitro benzene ring substituents is 1. The van der Waals surface area contributed by atoms with Crippen molar-refractivity contribution in [1.29, 1.82) is 0 Å². The molecule has 88 valence electrons. The molecule has 1 aromatic carbocycles. The molecule has 7 heteroatoms. The number of aromatic nitrogens is 2. The minimum Gasteiger partial charge on any atom is -0.267 e. The highest BCUT2D eigenvalue weighted by atomic mass is 79.9. The SMILES string of the molecule is O=[N+]([O-])c1cc(F)cc(Cn2cc(Br)cn2)c1. The Morgan fingerprint density at radius 1 is 1.47 bits per heavy atom. The molecule has 0 aliphatic carbocycles. The van der Waals surface area contributed by atoms with Crippen molar-refractivity contribution in [3.8, 4) is 0 Å². The van der Waals surface area contributed by atoms with Gasteiger partial charge in [0.25, 0.3) is 5.69 Å². The zero-order chi connectivity index (χ0) is 12.4. The van der Waals surface area contributed by atoms with Gasteiger partial charge < -0.3 is 0 Å². The van der Waals surface area contributed by atoms with Crippen molar-refractivity contribution in [3.05, 3.63) is 56.6 Å². The van der Waals surface area contributed by atoms with Crippen LogP contribution in [-0.4, -0.2) is 14.7 Å². The molecule has 0 unspecified atom stereocenters. The summed E-state index contributed by atoms with van der Waals surface area (Å²) in [4.78, 5) is 9.95. The molecule has 0 aliphatic rings. The summed E-state index contributed by atoms with van der Waals surface area (Å²) in [6, 6.07) is 3.48. The Hall–Kier alpha value is -1.76. The van der Waals surface area contributed by atoms with E-state index in [4.69, 9.17) is 0 Å². The lowest BCUT2D eigenvalue weighted by atomic mass is 10.2. The lowest BCUT2D eigenvalue weighted by Gasteiger charge is -2.02. The third-order valence-electron chi connectivity index (χ3n) is 2.10. The van der Waals surface area contributed by atoms with Gasteiger partial charge in [0.1, 0.15) is 5.82 Å². The molecule has 1 aromatic heterocycles. The number of nitrogens with zero attached hydrogens (tertiary/aromatic N) is 3. The summed E-state index contributed by atoms with van der Waals surface area (Å²) >= 11 is 3.23. The molecule has 0 saturated carbocycles. The zero-order valence-electron chi connectivity index (χ0n) is 8.51. The number of hydrogen-bond acceptors (Lipinski definition) is 3. The first-order valence-corrected chi connectivity index (χ1v) is 5.46. The second-order valence-corrected chi connectivity index (χ2v) is 4.35. The second kappa shape index (κ2) is 4.62. The largest absolute Gasteiger partial charge is 0.272 e. The van der Waals surface area contributed by atoms with Crippen molar-refractivity contribution in [1.82, 2.24) is 9.78 Å². The summed E-state index contributed by atoms with van der Waals surface area (Å²) in [5, 5.41) is 14.6. The second-order valence-electron chi connectivity index (χ2n) is 3.43. The van der Waals surface area contributed by atoms with E-state index in [2.05, 4.69) is 21.0 Å². The van der Waals surface area contributed by atoms with Gasteiger partial charge in [0.15, 0.2) is 0 Å². The Balaban J connectivity index is 2.29. The van der Waals surface area contributed by atoms with Crippen LogP contribution in [0, 0.1) is 15.9 Å². The summed E-state index contributed by atoms with van der Waals surface area (Å²) in [7, 11) is 0. The van der Waals surface area contributed by atoms with E-state index < -0.39 is 10.7 Å². The molecule has 0 atom stereocenters. The third kappa shape index (κ3) is 2.88.